The Morgan fingerprint density at radius 2 is 2.45 bits per heavy atom. The van der Waals surface area contributed by atoms with Crippen LogP contribution in [0.3, 0.4) is 0 Å². The molecule has 1 fully saturated rings. The maximum atomic E-state index is 10.7. The Morgan fingerprint density at radius 1 is 1.82 bits per heavy atom. The van der Waals surface area contributed by atoms with Crippen molar-refractivity contribution < 1.29 is 19.1 Å². The summed E-state index contributed by atoms with van der Waals surface area (Å²) in [5, 5.41) is 0. The van der Waals surface area contributed by atoms with Crippen LogP contribution in [0.4, 0.5) is 0 Å². The fourth-order valence-corrected chi connectivity index (χ4v) is 0.474. The molecule has 0 spiro atoms. The van der Waals surface area contributed by atoms with E-state index in [0.29, 0.717) is 12.9 Å². The summed E-state index contributed by atoms with van der Waals surface area (Å²) in [5.41, 5.74) is -0.161. The highest BCUT2D eigenvalue weighted by molar-refractivity contribution is 6.06. The van der Waals surface area contributed by atoms with Gasteiger partial charge in [0.1, 0.15) is 12.7 Å². The van der Waals surface area contributed by atoms with E-state index in [2.05, 4.69) is 11.3 Å². The third kappa shape index (κ3) is 2.51. The van der Waals surface area contributed by atoms with Gasteiger partial charge in [-0.25, -0.2) is 4.79 Å². The lowest BCUT2D eigenvalue weighted by Crippen LogP contribution is -2.11. The van der Waals surface area contributed by atoms with Gasteiger partial charge < -0.3 is 9.47 Å². The van der Waals surface area contributed by atoms with Crippen molar-refractivity contribution in [3.8, 4) is 0 Å². The van der Waals surface area contributed by atoms with Gasteiger partial charge in [0.15, 0.2) is 6.29 Å². The molecule has 60 valence electrons. The molecule has 1 heterocycles. The third-order valence-corrected chi connectivity index (χ3v) is 1.21. The molecule has 0 aromatic heterocycles. The lowest BCUT2D eigenvalue weighted by molar-refractivity contribution is -0.140. The summed E-state index contributed by atoms with van der Waals surface area (Å²) in [5.74, 6) is -0.671. The zero-order valence-electron chi connectivity index (χ0n) is 5.91. The standard InChI is InChI=1S/C7H8O4/c1-5(2-8)7(9)11-4-6-3-10-6/h2,6H,1,3-4H2. The van der Waals surface area contributed by atoms with E-state index in [1.54, 1.807) is 0 Å². The number of rotatable bonds is 4. The van der Waals surface area contributed by atoms with E-state index in [9.17, 15) is 9.59 Å². The largest absolute Gasteiger partial charge is 0.459 e. The molecule has 0 aromatic carbocycles. The first kappa shape index (κ1) is 7.94. The average molecular weight is 156 g/mol. The minimum atomic E-state index is -0.671. The second-order valence-corrected chi connectivity index (χ2v) is 2.20. The third-order valence-electron chi connectivity index (χ3n) is 1.21. The van der Waals surface area contributed by atoms with Crippen LogP contribution in [0.5, 0.6) is 0 Å². The first-order valence-corrected chi connectivity index (χ1v) is 3.17. The Bertz CT molecular complexity index is 193. The maximum Gasteiger partial charge on any atom is 0.340 e. The number of hydrogen-bond acceptors (Lipinski definition) is 4. The van der Waals surface area contributed by atoms with E-state index in [-0.39, 0.29) is 18.3 Å². The number of ether oxygens (including phenoxy) is 2. The van der Waals surface area contributed by atoms with E-state index < -0.39 is 5.97 Å². The Kier molecular flexibility index (Phi) is 2.38. The topological polar surface area (TPSA) is 55.9 Å². The Morgan fingerprint density at radius 3 is 2.91 bits per heavy atom. The second kappa shape index (κ2) is 3.30. The van der Waals surface area contributed by atoms with Gasteiger partial charge in [-0.1, -0.05) is 6.58 Å². The van der Waals surface area contributed by atoms with Crippen molar-refractivity contribution in [2.45, 2.75) is 6.10 Å². The van der Waals surface area contributed by atoms with Crippen molar-refractivity contribution in [1.29, 1.82) is 0 Å². The summed E-state index contributed by atoms with van der Waals surface area (Å²) in [7, 11) is 0. The predicted molar refractivity (Wildman–Crippen MR) is 35.9 cm³/mol. The van der Waals surface area contributed by atoms with Crippen LogP contribution in [0.2, 0.25) is 0 Å². The van der Waals surface area contributed by atoms with Crippen molar-refractivity contribution in [3.05, 3.63) is 12.2 Å². The maximum absolute atomic E-state index is 10.7. The summed E-state index contributed by atoms with van der Waals surface area (Å²) in [6, 6.07) is 0. The van der Waals surface area contributed by atoms with E-state index in [0.717, 1.165) is 0 Å². The zero-order chi connectivity index (χ0) is 8.27. The van der Waals surface area contributed by atoms with Crippen LogP contribution >= 0.6 is 0 Å². The molecule has 4 heteroatoms. The minimum absolute atomic E-state index is 0.0263. The summed E-state index contributed by atoms with van der Waals surface area (Å²) in [6.07, 6.45) is 0.397. The van der Waals surface area contributed by atoms with Crippen LogP contribution in [0.25, 0.3) is 0 Å². The number of hydrogen-bond donors (Lipinski definition) is 0. The van der Waals surface area contributed by atoms with Crippen molar-refractivity contribution in [3.63, 3.8) is 0 Å². The molecule has 0 aliphatic carbocycles. The highest BCUT2D eigenvalue weighted by atomic mass is 16.6. The van der Waals surface area contributed by atoms with Crippen LogP contribution in [0.1, 0.15) is 0 Å². The molecule has 11 heavy (non-hydrogen) atoms. The molecular formula is C7H8O4. The molecule has 1 aliphatic rings. The smallest absolute Gasteiger partial charge is 0.340 e. The normalized spacial score (nSPS) is 20.5. The quantitative estimate of drug-likeness (QED) is 0.140. The molecule has 0 aromatic rings. The summed E-state index contributed by atoms with van der Waals surface area (Å²) in [6.45, 7) is 4.03. The van der Waals surface area contributed by atoms with Gasteiger partial charge in [-0.2, -0.15) is 0 Å². The van der Waals surface area contributed by atoms with E-state index >= 15 is 0 Å². The molecule has 1 atom stereocenters. The molecule has 4 nitrogen and oxygen atoms in total. The molecule has 1 aliphatic heterocycles. The van der Waals surface area contributed by atoms with Crippen molar-refractivity contribution in [2.75, 3.05) is 13.2 Å². The van der Waals surface area contributed by atoms with Crippen LogP contribution < -0.4 is 0 Å². The fourth-order valence-electron chi connectivity index (χ4n) is 0.474. The van der Waals surface area contributed by atoms with Crippen LogP contribution in [-0.2, 0) is 19.1 Å². The highest BCUT2D eigenvalue weighted by Gasteiger charge is 2.24. The fraction of sp³-hybridized carbons (Fsp3) is 0.429. The van der Waals surface area contributed by atoms with Gasteiger partial charge >= 0.3 is 5.97 Å². The van der Waals surface area contributed by atoms with E-state index in [4.69, 9.17) is 4.74 Å². The summed E-state index contributed by atoms with van der Waals surface area (Å²) >= 11 is 0. The molecule has 0 bridgehead atoms. The van der Waals surface area contributed by atoms with Gasteiger partial charge in [0.25, 0.3) is 0 Å². The number of carbonyl (C=O) groups excluding carboxylic acids is 2. The zero-order valence-corrected chi connectivity index (χ0v) is 5.91. The molecule has 1 rings (SSSR count). The monoisotopic (exact) mass is 156 g/mol. The molecule has 0 saturated carbocycles. The van der Waals surface area contributed by atoms with Gasteiger partial charge in [0.2, 0.25) is 0 Å². The van der Waals surface area contributed by atoms with Crippen LogP contribution in [0.15, 0.2) is 12.2 Å². The molecule has 1 saturated heterocycles. The van der Waals surface area contributed by atoms with Crippen molar-refractivity contribution in [2.24, 2.45) is 0 Å². The van der Waals surface area contributed by atoms with Gasteiger partial charge in [-0.3, -0.25) is 4.79 Å². The molecule has 0 N–H and O–H groups in total. The lowest BCUT2D eigenvalue weighted by Gasteiger charge is -1.98. The van der Waals surface area contributed by atoms with Crippen molar-refractivity contribution in [1.82, 2.24) is 0 Å². The lowest BCUT2D eigenvalue weighted by atomic mass is 10.3. The Hall–Kier alpha value is -1.16. The van der Waals surface area contributed by atoms with Crippen molar-refractivity contribution >= 4 is 12.3 Å². The van der Waals surface area contributed by atoms with Gasteiger partial charge in [-0.05, 0) is 0 Å². The van der Waals surface area contributed by atoms with Gasteiger partial charge in [0, 0.05) is 0 Å². The van der Waals surface area contributed by atoms with E-state index in [1.807, 2.05) is 0 Å². The number of esters is 1. The highest BCUT2D eigenvalue weighted by Crippen LogP contribution is 2.09. The summed E-state index contributed by atoms with van der Waals surface area (Å²) in [4.78, 5) is 20.7. The Balaban J connectivity index is 2.18. The molecule has 0 amide bonds. The first-order valence-electron chi connectivity index (χ1n) is 3.17. The number of carbonyl (C=O) groups is 2. The first-order chi connectivity index (χ1) is 5.24. The minimum Gasteiger partial charge on any atom is -0.459 e. The SMILES string of the molecule is C=C(C=O)C(=O)OCC1CO1. The predicted octanol–water partition coefficient (Wildman–Crippen LogP) is -0.317. The molecular weight excluding hydrogens is 148 g/mol. The number of aldehydes is 1. The number of epoxide rings is 1. The summed E-state index contributed by atoms with van der Waals surface area (Å²) < 4.78 is 9.40. The van der Waals surface area contributed by atoms with Gasteiger partial charge in [0.05, 0.1) is 12.2 Å². The van der Waals surface area contributed by atoms with E-state index in [1.165, 1.54) is 0 Å². The van der Waals surface area contributed by atoms with Gasteiger partial charge in [-0.15, -0.1) is 0 Å². The molecule has 1 unspecified atom stereocenters. The molecule has 0 radical (unpaired) electrons. The van der Waals surface area contributed by atoms with Crippen LogP contribution in [-0.4, -0.2) is 31.6 Å². The Labute approximate surface area is 63.8 Å². The average Bonchev–Trinajstić information content (AvgIpc) is 2.81. The second-order valence-electron chi connectivity index (χ2n) is 2.20. The van der Waals surface area contributed by atoms with Crippen LogP contribution in [0, 0.1) is 0 Å².